The molecule has 1 aliphatic heterocycles. The number of hydrogen-bond donors (Lipinski definition) is 1. The second-order valence-corrected chi connectivity index (χ2v) is 6.73. The number of aryl methyl sites for hydroxylation is 1. The largest absolute Gasteiger partial charge is 0.337 e. The number of carbonyl (C=O) groups is 2. The van der Waals surface area contributed by atoms with Crippen LogP contribution in [-0.4, -0.2) is 54.4 Å². The van der Waals surface area contributed by atoms with Crippen LogP contribution in [0.25, 0.3) is 0 Å². The summed E-state index contributed by atoms with van der Waals surface area (Å²) in [6.07, 6.45) is 5.12. The molecule has 1 aliphatic rings. The van der Waals surface area contributed by atoms with Gasteiger partial charge in [0, 0.05) is 25.9 Å². The Morgan fingerprint density at radius 3 is 3.00 bits per heavy atom. The molecule has 4 rings (SSSR count). The Kier molecular flexibility index (Phi) is 4.78. The predicted molar refractivity (Wildman–Crippen MR) is 99.9 cm³/mol. The molecule has 1 atom stereocenters. The summed E-state index contributed by atoms with van der Waals surface area (Å²) in [4.78, 5) is 34.9. The van der Waals surface area contributed by atoms with Crippen molar-refractivity contribution in [2.24, 2.45) is 0 Å². The van der Waals surface area contributed by atoms with E-state index < -0.39 is 11.9 Å². The molecule has 10 nitrogen and oxygen atoms in total. The topological polar surface area (TPSA) is 111 Å². The molecule has 2 amide bonds. The Morgan fingerprint density at radius 1 is 1.32 bits per heavy atom. The van der Waals surface area contributed by atoms with E-state index in [1.165, 1.54) is 15.9 Å². The molecule has 4 heterocycles. The Morgan fingerprint density at radius 2 is 2.18 bits per heavy atom. The molecule has 0 saturated heterocycles. The lowest BCUT2D eigenvalue weighted by molar-refractivity contribution is -0.120. The van der Waals surface area contributed by atoms with Gasteiger partial charge < -0.3 is 5.32 Å². The molecular formula is C17H17ClN8O2. The van der Waals surface area contributed by atoms with Crippen LogP contribution in [0.1, 0.15) is 22.7 Å². The minimum Gasteiger partial charge on any atom is -0.337 e. The van der Waals surface area contributed by atoms with Crippen molar-refractivity contribution in [1.82, 2.24) is 34.8 Å². The number of likely N-dealkylation sites (N-methyl/N-ethyl adjacent to an activating group) is 1. The minimum atomic E-state index is -0.684. The van der Waals surface area contributed by atoms with Crippen molar-refractivity contribution in [1.29, 1.82) is 0 Å². The van der Waals surface area contributed by atoms with Crippen molar-refractivity contribution in [3.8, 4) is 0 Å². The van der Waals surface area contributed by atoms with Gasteiger partial charge in [0.2, 0.25) is 5.82 Å². The van der Waals surface area contributed by atoms with Gasteiger partial charge in [-0.2, -0.15) is 5.10 Å². The fraction of sp³-hybridized carbons (Fsp3) is 0.294. The van der Waals surface area contributed by atoms with E-state index in [-0.39, 0.29) is 18.3 Å². The van der Waals surface area contributed by atoms with Crippen LogP contribution in [0.3, 0.4) is 0 Å². The van der Waals surface area contributed by atoms with Crippen LogP contribution >= 0.6 is 11.6 Å². The van der Waals surface area contributed by atoms with Crippen molar-refractivity contribution in [3.63, 3.8) is 0 Å². The lowest BCUT2D eigenvalue weighted by atomic mass is 10.2. The molecule has 3 aromatic rings. The number of nitrogens with zero attached hydrogens (tertiary/aromatic N) is 7. The van der Waals surface area contributed by atoms with Crippen LogP contribution in [0.5, 0.6) is 0 Å². The van der Waals surface area contributed by atoms with Gasteiger partial charge in [0.15, 0.2) is 0 Å². The fourth-order valence-electron chi connectivity index (χ4n) is 3.02. The van der Waals surface area contributed by atoms with Gasteiger partial charge in [-0.15, -0.1) is 5.10 Å². The molecule has 144 valence electrons. The molecule has 0 bridgehead atoms. The molecule has 11 heteroatoms. The predicted octanol–water partition coefficient (Wildman–Crippen LogP) is 0.736. The summed E-state index contributed by atoms with van der Waals surface area (Å²) in [5.41, 5.74) is 0.621. The zero-order chi connectivity index (χ0) is 19.7. The summed E-state index contributed by atoms with van der Waals surface area (Å²) in [5.74, 6) is -0.0645. The Hall–Kier alpha value is -3.27. The second kappa shape index (κ2) is 7.39. The highest BCUT2D eigenvalue weighted by molar-refractivity contribution is 6.31. The van der Waals surface area contributed by atoms with E-state index in [9.17, 15) is 9.59 Å². The van der Waals surface area contributed by atoms with E-state index in [1.54, 1.807) is 42.3 Å². The monoisotopic (exact) mass is 400 g/mol. The molecule has 3 aromatic heterocycles. The van der Waals surface area contributed by atoms with Crippen molar-refractivity contribution in [3.05, 3.63) is 53.5 Å². The van der Waals surface area contributed by atoms with Crippen LogP contribution in [0.2, 0.25) is 5.02 Å². The van der Waals surface area contributed by atoms with Crippen LogP contribution < -0.4 is 10.2 Å². The number of hydrogen-bond acceptors (Lipinski definition) is 6. The molecule has 0 aromatic carbocycles. The number of aromatic nitrogens is 6. The zero-order valence-electron chi connectivity index (χ0n) is 15.0. The third-order valence-corrected chi connectivity index (χ3v) is 4.83. The van der Waals surface area contributed by atoms with E-state index in [1.807, 2.05) is 0 Å². The molecule has 28 heavy (non-hydrogen) atoms. The van der Waals surface area contributed by atoms with E-state index >= 15 is 0 Å². The van der Waals surface area contributed by atoms with E-state index in [4.69, 9.17) is 11.6 Å². The first-order chi connectivity index (χ1) is 13.5. The van der Waals surface area contributed by atoms with Gasteiger partial charge in [0.25, 0.3) is 11.8 Å². The van der Waals surface area contributed by atoms with Crippen molar-refractivity contribution < 1.29 is 9.59 Å². The summed E-state index contributed by atoms with van der Waals surface area (Å²) in [6.45, 7) is 0.801. The molecule has 0 aliphatic carbocycles. The summed E-state index contributed by atoms with van der Waals surface area (Å²) in [6, 6.07) is 4.54. The first kappa shape index (κ1) is 18.1. The van der Waals surface area contributed by atoms with Crippen LogP contribution in [-0.2, 0) is 17.9 Å². The summed E-state index contributed by atoms with van der Waals surface area (Å²) in [7, 11) is 1.66. The van der Waals surface area contributed by atoms with Gasteiger partial charge in [-0.25, -0.2) is 14.3 Å². The van der Waals surface area contributed by atoms with Crippen molar-refractivity contribution in [2.75, 3.05) is 11.9 Å². The maximum absolute atomic E-state index is 12.7. The fourth-order valence-corrected chi connectivity index (χ4v) is 3.21. The first-order valence-electron chi connectivity index (χ1n) is 8.62. The van der Waals surface area contributed by atoms with Gasteiger partial charge >= 0.3 is 0 Å². The molecule has 0 fully saturated rings. The lowest BCUT2D eigenvalue weighted by Gasteiger charge is -2.19. The highest BCUT2D eigenvalue weighted by Crippen LogP contribution is 2.19. The number of amides is 2. The number of rotatable bonds is 4. The number of carbonyl (C=O) groups excluding carboxylic acids is 2. The number of halogens is 1. The molecular weight excluding hydrogens is 384 g/mol. The van der Waals surface area contributed by atoms with Gasteiger partial charge in [-0.1, -0.05) is 11.6 Å². The number of fused-ring (bicyclic) bond motifs is 1. The average molecular weight is 401 g/mol. The average Bonchev–Trinajstić information content (AvgIpc) is 3.33. The van der Waals surface area contributed by atoms with E-state index in [0.29, 0.717) is 29.5 Å². The minimum absolute atomic E-state index is 0.0236. The van der Waals surface area contributed by atoms with Crippen LogP contribution in [0, 0.1) is 0 Å². The van der Waals surface area contributed by atoms with E-state index in [2.05, 4.69) is 25.5 Å². The highest BCUT2D eigenvalue weighted by atomic mass is 35.5. The van der Waals surface area contributed by atoms with Gasteiger partial charge in [0.1, 0.15) is 18.2 Å². The maximum Gasteiger partial charge on any atom is 0.291 e. The van der Waals surface area contributed by atoms with Gasteiger partial charge in [-0.3, -0.25) is 19.5 Å². The SMILES string of the molecule is CN1C(=O)C(NC(=O)c2ncn(Cc3ncccc3Cl)n2)CCn2nccc21. The lowest BCUT2D eigenvalue weighted by Crippen LogP contribution is -2.47. The molecule has 0 spiro atoms. The van der Waals surface area contributed by atoms with Crippen LogP contribution in [0.4, 0.5) is 5.82 Å². The summed E-state index contributed by atoms with van der Waals surface area (Å²) >= 11 is 6.09. The third kappa shape index (κ3) is 3.46. The Balaban J connectivity index is 1.44. The van der Waals surface area contributed by atoms with Gasteiger partial charge in [-0.05, 0) is 18.6 Å². The normalized spacial score (nSPS) is 16.6. The highest BCUT2D eigenvalue weighted by Gasteiger charge is 2.30. The zero-order valence-corrected chi connectivity index (χ0v) is 15.7. The van der Waals surface area contributed by atoms with E-state index in [0.717, 1.165) is 0 Å². The molecule has 0 saturated carbocycles. The Labute approximate surface area is 165 Å². The molecule has 1 N–H and O–H groups in total. The van der Waals surface area contributed by atoms with Crippen LogP contribution in [0.15, 0.2) is 36.9 Å². The van der Waals surface area contributed by atoms with Crippen molar-refractivity contribution >= 4 is 29.2 Å². The standard InChI is InChI=1S/C17H17ClN8O2/c1-24-14-4-7-21-26(14)8-5-12(17(24)28)22-16(27)15-20-10-25(23-15)9-13-11(18)3-2-6-19-13/h2-4,6-7,10,12H,5,8-9H2,1H3,(H,22,27). The Bertz CT molecular complexity index is 1030. The van der Waals surface area contributed by atoms with Crippen molar-refractivity contribution in [2.45, 2.75) is 25.6 Å². The number of nitrogens with one attached hydrogen (secondary N) is 1. The number of pyridine rings is 1. The maximum atomic E-state index is 12.7. The summed E-state index contributed by atoms with van der Waals surface area (Å²) < 4.78 is 3.20. The quantitative estimate of drug-likeness (QED) is 0.691. The molecule has 0 radical (unpaired) electrons. The second-order valence-electron chi connectivity index (χ2n) is 6.32. The van der Waals surface area contributed by atoms with Gasteiger partial charge in [0.05, 0.1) is 23.5 Å². The smallest absolute Gasteiger partial charge is 0.291 e. The molecule has 1 unspecified atom stereocenters. The summed E-state index contributed by atoms with van der Waals surface area (Å²) in [5, 5.41) is 11.6. The number of anilines is 1. The third-order valence-electron chi connectivity index (χ3n) is 4.49. The first-order valence-corrected chi connectivity index (χ1v) is 9.00.